The average molecular weight is 261 g/mol. The van der Waals surface area contributed by atoms with E-state index in [1.54, 1.807) is 0 Å². The van der Waals surface area contributed by atoms with Gasteiger partial charge in [-0.05, 0) is 24.3 Å². The minimum atomic E-state index is -0.596. The molecule has 0 atom stereocenters. The monoisotopic (exact) mass is 261 g/mol. The molecule has 2 rings (SSSR count). The van der Waals surface area contributed by atoms with E-state index < -0.39 is 10.7 Å². The van der Waals surface area contributed by atoms with Gasteiger partial charge in [0.2, 0.25) is 0 Å². The van der Waals surface area contributed by atoms with Crippen molar-refractivity contribution in [2.75, 3.05) is 0 Å². The summed E-state index contributed by atoms with van der Waals surface area (Å²) in [6.45, 7) is 0. The minimum absolute atomic E-state index is 0.0693. The van der Waals surface area contributed by atoms with E-state index >= 15 is 0 Å². The minimum Gasteiger partial charge on any atom is -0.457 e. The van der Waals surface area contributed by atoms with Crippen molar-refractivity contribution >= 4 is 12.0 Å². The molecule has 0 N–H and O–H groups in total. The second kappa shape index (κ2) is 5.26. The molecule has 0 saturated heterocycles. The second-order valence-corrected chi connectivity index (χ2v) is 3.69. The third-order valence-electron chi connectivity index (χ3n) is 2.31. The van der Waals surface area contributed by atoms with E-state index in [2.05, 4.69) is 0 Å². The van der Waals surface area contributed by atoms with E-state index in [9.17, 15) is 19.3 Å². The van der Waals surface area contributed by atoms with Crippen molar-refractivity contribution in [3.05, 3.63) is 64.0 Å². The van der Waals surface area contributed by atoms with Crippen LogP contribution < -0.4 is 4.74 Å². The third kappa shape index (κ3) is 3.12. The molecule has 0 saturated carbocycles. The Hall–Kier alpha value is -2.76. The van der Waals surface area contributed by atoms with Gasteiger partial charge in [0, 0.05) is 23.8 Å². The number of nitro groups is 1. The molecule has 0 amide bonds. The lowest BCUT2D eigenvalue weighted by atomic mass is 10.2. The second-order valence-electron chi connectivity index (χ2n) is 3.69. The smallest absolute Gasteiger partial charge is 0.269 e. The number of nitro benzene ring substituents is 1. The van der Waals surface area contributed by atoms with Crippen LogP contribution in [-0.2, 0) is 0 Å². The van der Waals surface area contributed by atoms with E-state index in [1.807, 2.05) is 0 Å². The van der Waals surface area contributed by atoms with Gasteiger partial charge in [0.05, 0.1) is 4.92 Å². The van der Waals surface area contributed by atoms with Gasteiger partial charge in [0.25, 0.3) is 5.69 Å². The summed E-state index contributed by atoms with van der Waals surface area (Å²) in [5.41, 5.74) is 0.0806. The van der Waals surface area contributed by atoms with Gasteiger partial charge in [0.1, 0.15) is 23.6 Å². The highest BCUT2D eigenvalue weighted by molar-refractivity contribution is 5.75. The normalized spacial score (nSPS) is 9.95. The molecule has 0 heterocycles. The summed E-state index contributed by atoms with van der Waals surface area (Å²) in [6.07, 6.45) is 0.506. The van der Waals surface area contributed by atoms with Gasteiger partial charge in [0.15, 0.2) is 0 Å². The molecule has 0 spiro atoms. The van der Waals surface area contributed by atoms with E-state index in [4.69, 9.17) is 4.74 Å². The molecule has 0 aliphatic carbocycles. The van der Waals surface area contributed by atoms with Crippen LogP contribution in [0.1, 0.15) is 10.4 Å². The van der Waals surface area contributed by atoms with Crippen LogP contribution in [0.5, 0.6) is 11.5 Å². The Morgan fingerprint density at radius 3 is 2.37 bits per heavy atom. The highest BCUT2D eigenvalue weighted by Crippen LogP contribution is 2.25. The summed E-state index contributed by atoms with van der Waals surface area (Å²) in [6, 6.07) is 8.90. The van der Waals surface area contributed by atoms with Crippen LogP contribution in [0.15, 0.2) is 42.5 Å². The van der Waals surface area contributed by atoms with Crippen molar-refractivity contribution in [3.63, 3.8) is 0 Å². The quantitative estimate of drug-likeness (QED) is 0.480. The summed E-state index contributed by atoms with van der Waals surface area (Å²) >= 11 is 0. The molecule has 19 heavy (non-hydrogen) atoms. The summed E-state index contributed by atoms with van der Waals surface area (Å²) in [5.74, 6) is -0.134. The Morgan fingerprint density at radius 1 is 1.11 bits per heavy atom. The van der Waals surface area contributed by atoms with Crippen molar-refractivity contribution in [3.8, 4) is 11.5 Å². The number of halogens is 1. The van der Waals surface area contributed by atoms with E-state index in [1.165, 1.54) is 30.3 Å². The SMILES string of the molecule is O=Cc1cc(F)cc(Oc2ccc([N+](=O)[O-])cc2)c1. The zero-order chi connectivity index (χ0) is 13.8. The first-order valence-electron chi connectivity index (χ1n) is 5.26. The van der Waals surface area contributed by atoms with Crippen LogP contribution in [0.4, 0.5) is 10.1 Å². The predicted molar refractivity (Wildman–Crippen MR) is 65.0 cm³/mol. The number of hydrogen-bond donors (Lipinski definition) is 0. The van der Waals surface area contributed by atoms with Crippen LogP contribution in [0, 0.1) is 15.9 Å². The molecule has 0 aliphatic heterocycles. The number of nitrogens with zero attached hydrogens (tertiary/aromatic N) is 1. The molecule has 5 nitrogen and oxygen atoms in total. The number of rotatable bonds is 4. The Bertz CT molecular complexity index is 625. The molecule has 2 aromatic carbocycles. The molecule has 0 fully saturated rings. The number of aldehydes is 1. The molecular weight excluding hydrogens is 253 g/mol. The van der Waals surface area contributed by atoms with Crippen molar-refractivity contribution < 1.29 is 18.8 Å². The van der Waals surface area contributed by atoms with Crippen molar-refractivity contribution in [2.24, 2.45) is 0 Å². The lowest BCUT2D eigenvalue weighted by molar-refractivity contribution is -0.384. The lowest BCUT2D eigenvalue weighted by Gasteiger charge is -2.06. The standard InChI is InChI=1S/C13H8FNO4/c14-10-5-9(8-16)6-13(7-10)19-12-3-1-11(2-4-12)15(17)18/h1-8H. The molecule has 0 aliphatic rings. The van der Waals surface area contributed by atoms with E-state index in [-0.39, 0.29) is 17.0 Å². The van der Waals surface area contributed by atoms with E-state index in [0.717, 1.165) is 12.1 Å². The maximum absolute atomic E-state index is 13.2. The number of non-ortho nitro benzene ring substituents is 1. The summed E-state index contributed by atoms with van der Waals surface area (Å²) < 4.78 is 18.5. The Kier molecular flexibility index (Phi) is 3.51. The molecule has 6 heteroatoms. The van der Waals surface area contributed by atoms with Crippen LogP contribution >= 0.6 is 0 Å². The third-order valence-corrected chi connectivity index (χ3v) is 2.31. The summed E-state index contributed by atoms with van der Waals surface area (Å²) in [5, 5.41) is 10.5. The number of benzene rings is 2. The van der Waals surface area contributed by atoms with Gasteiger partial charge < -0.3 is 4.74 Å². The van der Waals surface area contributed by atoms with E-state index in [0.29, 0.717) is 12.0 Å². The molecule has 0 radical (unpaired) electrons. The van der Waals surface area contributed by atoms with Gasteiger partial charge in [-0.2, -0.15) is 0 Å². The Morgan fingerprint density at radius 2 is 1.79 bits per heavy atom. The Balaban J connectivity index is 2.23. The maximum atomic E-state index is 13.2. The predicted octanol–water partition coefficient (Wildman–Crippen LogP) is 3.34. The fraction of sp³-hybridized carbons (Fsp3) is 0. The summed E-state index contributed by atoms with van der Waals surface area (Å²) in [4.78, 5) is 20.5. The van der Waals surface area contributed by atoms with Gasteiger partial charge in [-0.1, -0.05) is 0 Å². The maximum Gasteiger partial charge on any atom is 0.269 e. The fourth-order valence-corrected chi connectivity index (χ4v) is 1.48. The highest BCUT2D eigenvalue weighted by atomic mass is 19.1. The number of hydrogen-bond acceptors (Lipinski definition) is 4. The van der Waals surface area contributed by atoms with Crippen LogP contribution in [0.25, 0.3) is 0 Å². The molecule has 2 aromatic rings. The molecular formula is C13H8FNO4. The molecule has 96 valence electrons. The zero-order valence-electron chi connectivity index (χ0n) is 9.58. The topological polar surface area (TPSA) is 69.4 Å². The summed E-state index contributed by atoms with van der Waals surface area (Å²) in [7, 11) is 0. The zero-order valence-corrected chi connectivity index (χ0v) is 9.58. The highest BCUT2D eigenvalue weighted by Gasteiger charge is 2.06. The molecule has 0 bridgehead atoms. The lowest BCUT2D eigenvalue weighted by Crippen LogP contribution is -1.90. The first-order valence-corrected chi connectivity index (χ1v) is 5.26. The van der Waals surface area contributed by atoms with Crippen LogP contribution in [0.3, 0.4) is 0 Å². The largest absolute Gasteiger partial charge is 0.457 e. The van der Waals surface area contributed by atoms with Crippen LogP contribution in [0.2, 0.25) is 0 Å². The van der Waals surface area contributed by atoms with Gasteiger partial charge in [-0.3, -0.25) is 14.9 Å². The number of ether oxygens (including phenoxy) is 1. The first-order chi connectivity index (χ1) is 9.08. The number of carbonyl (C=O) groups excluding carboxylic acids is 1. The molecule has 0 aromatic heterocycles. The fourth-order valence-electron chi connectivity index (χ4n) is 1.48. The first kappa shape index (κ1) is 12.7. The van der Waals surface area contributed by atoms with Crippen molar-refractivity contribution in [1.82, 2.24) is 0 Å². The van der Waals surface area contributed by atoms with Crippen LogP contribution in [-0.4, -0.2) is 11.2 Å². The van der Waals surface area contributed by atoms with Gasteiger partial charge in [-0.15, -0.1) is 0 Å². The van der Waals surface area contributed by atoms with Gasteiger partial charge in [-0.25, -0.2) is 4.39 Å². The average Bonchev–Trinajstić information content (AvgIpc) is 2.38. The Labute approximate surface area is 107 Å². The van der Waals surface area contributed by atoms with Gasteiger partial charge >= 0.3 is 0 Å². The number of carbonyl (C=O) groups is 1. The van der Waals surface area contributed by atoms with Crippen molar-refractivity contribution in [1.29, 1.82) is 0 Å². The van der Waals surface area contributed by atoms with Crippen molar-refractivity contribution in [2.45, 2.75) is 0 Å². The molecule has 0 unspecified atom stereocenters.